The lowest BCUT2D eigenvalue weighted by molar-refractivity contribution is -0.138. The van der Waals surface area contributed by atoms with Crippen molar-refractivity contribution in [2.24, 2.45) is 5.92 Å². The summed E-state index contributed by atoms with van der Waals surface area (Å²) in [5.74, 6) is 0.574. The van der Waals surface area contributed by atoms with Gasteiger partial charge in [-0.25, -0.2) is 0 Å². The molecule has 5 heteroatoms. The molecular weight excluding hydrogens is 243 g/mol. The molecule has 1 aliphatic heterocycles. The predicted octanol–water partition coefficient (Wildman–Crippen LogP) is 3.25. The first-order valence-electron chi connectivity index (χ1n) is 6.77. The maximum atomic E-state index is 12.1. The molecule has 18 heavy (non-hydrogen) atoms. The molecule has 1 aliphatic rings. The zero-order valence-electron chi connectivity index (χ0n) is 11.2. The number of rotatable bonds is 5. The Bertz CT molecular complexity index is 253. The Hall–Kier alpha value is -0.290. The fourth-order valence-corrected chi connectivity index (χ4v) is 2.66. The number of hydrogen-bond donors (Lipinski definition) is 2. The van der Waals surface area contributed by atoms with E-state index in [0.29, 0.717) is 5.92 Å². The van der Waals surface area contributed by atoms with E-state index in [-0.39, 0.29) is 18.9 Å². The van der Waals surface area contributed by atoms with E-state index in [2.05, 4.69) is 12.2 Å². The molecule has 0 spiro atoms. The van der Waals surface area contributed by atoms with Gasteiger partial charge in [-0.05, 0) is 45.1 Å². The molecule has 3 unspecified atom stereocenters. The summed E-state index contributed by atoms with van der Waals surface area (Å²) in [7, 11) is 0. The van der Waals surface area contributed by atoms with Crippen LogP contribution in [0.2, 0.25) is 0 Å². The minimum atomic E-state index is -4.12. The van der Waals surface area contributed by atoms with Crippen LogP contribution in [0.15, 0.2) is 0 Å². The molecule has 108 valence electrons. The predicted molar refractivity (Wildman–Crippen MR) is 65.3 cm³/mol. The number of alkyl halides is 3. The zero-order valence-corrected chi connectivity index (χ0v) is 11.2. The molecule has 0 amide bonds. The van der Waals surface area contributed by atoms with E-state index in [0.717, 1.165) is 25.8 Å². The van der Waals surface area contributed by atoms with Crippen molar-refractivity contribution in [2.45, 2.75) is 70.2 Å². The molecule has 0 aromatic carbocycles. The fourth-order valence-electron chi connectivity index (χ4n) is 2.66. The molecule has 0 radical (unpaired) electrons. The van der Waals surface area contributed by atoms with Crippen LogP contribution in [-0.4, -0.2) is 29.5 Å². The Morgan fingerprint density at radius 1 is 1.28 bits per heavy atom. The van der Waals surface area contributed by atoms with Crippen molar-refractivity contribution in [1.29, 1.82) is 0 Å². The van der Waals surface area contributed by atoms with Crippen molar-refractivity contribution in [1.82, 2.24) is 5.32 Å². The Labute approximate surface area is 107 Å². The number of piperidine rings is 1. The first-order chi connectivity index (χ1) is 8.24. The molecule has 3 atom stereocenters. The molecule has 2 N–H and O–H groups in total. The van der Waals surface area contributed by atoms with Gasteiger partial charge in [0.05, 0.1) is 5.60 Å². The molecule has 1 saturated heterocycles. The highest BCUT2D eigenvalue weighted by molar-refractivity contribution is 4.92. The Morgan fingerprint density at radius 3 is 2.50 bits per heavy atom. The molecular formula is C13H24F3NO. The van der Waals surface area contributed by atoms with Gasteiger partial charge in [-0.1, -0.05) is 13.3 Å². The van der Waals surface area contributed by atoms with Crippen LogP contribution in [0, 0.1) is 5.92 Å². The lowest BCUT2D eigenvalue weighted by atomic mass is 9.80. The van der Waals surface area contributed by atoms with E-state index in [1.807, 2.05) is 0 Å². The van der Waals surface area contributed by atoms with Crippen molar-refractivity contribution >= 4 is 0 Å². The van der Waals surface area contributed by atoms with E-state index < -0.39 is 18.2 Å². The molecule has 1 heterocycles. The van der Waals surface area contributed by atoms with Gasteiger partial charge in [-0.2, -0.15) is 13.2 Å². The minimum Gasteiger partial charge on any atom is -0.389 e. The summed E-state index contributed by atoms with van der Waals surface area (Å²) in [6.07, 6.45) is -1.74. The zero-order chi connectivity index (χ0) is 13.8. The minimum absolute atomic E-state index is 0.00846. The Kier molecular flexibility index (Phi) is 5.46. The van der Waals surface area contributed by atoms with E-state index in [4.69, 9.17) is 0 Å². The average Bonchev–Trinajstić information content (AvgIpc) is 2.27. The first-order valence-corrected chi connectivity index (χ1v) is 6.77. The van der Waals surface area contributed by atoms with Crippen molar-refractivity contribution in [3.05, 3.63) is 0 Å². The second kappa shape index (κ2) is 6.24. The third kappa shape index (κ3) is 5.14. The highest BCUT2D eigenvalue weighted by Crippen LogP contribution is 2.30. The molecule has 0 aromatic rings. The van der Waals surface area contributed by atoms with Crippen LogP contribution in [0.4, 0.5) is 13.2 Å². The van der Waals surface area contributed by atoms with Crippen LogP contribution in [-0.2, 0) is 0 Å². The van der Waals surface area contributed by atoms with Crippen molar-refractivity contribution < 1.29 is 18.3 Å². The molecule has 0 aromatic heterocycles. The SMILES string of the molecule is CCC1CCNC(C(C)(O)CCCC(F)(F)F)C1. The smallest absolute Gasteiger partial charge is 0.389 e. The van der Waals surface area contributed by atoms with Gasteiger partial charge in [-0.3, -0.25) is 0 Å². The third-order valence-electron chi connectivity index (χ3n) is 3.98. The molecule has 1 fully saturated rings. The number of aliphatic hydroxyl groups is 1. The van der Waals surface area contributed by atoms with Crippen LogP contribution in [0.5, 0.6) is 0 Å². The summed E-state index contributed by atoms with van der Waals surface area (Å²) < 4.78 is 36.3. The molecule has 2 nitrogen and oxygen atoms in total. The van der Waals surface area contributed by atoms with Gasteiger partial charge in [0.2, 0.25) is 0 Å². The van der Waals surface area contributed by atoms with Gasteiger partial charge in [0.25, 0.3) is 0 Å². The van der Waals surface area contributed by atoms with Gasteiger partial charge < -0.3 is 10.4 Å². The summed E-state index contributed by atoms with van der Waals surface area (Å²) >= 11 is 0. The topological polar surface area (TPSA) is 32.3 Å². The van der Waals surface area contributed by atoms with Crippen molar-refractivity contribution in [3.8, 4) is 0 Å². The maximum Gasteiger partial charge on any atom is 0.389 e. The van der Waals surface area contributed by atoms with Crippen molar-refractivity contribution in [3.63, 3.8) is 0 Å². The molecule has 0 aliphatic carbocycles. The molecule has 1 rings (SSSR count). The standard InChI is InChI=1S/C13H24F3NO/c1-3-10-5-8-17-11(9-10)12(2,18)6-4-7-13(14,15)16/h10-11,17-18H,3-9H2,1-2H3. The summed E-state index contributed by atoms with van der Waals surface area (Å²) in [6, 6.07) is -0.0792. The Morgan fingerprint density at radius 2 is 1.94 bits per heavy atom. The lowest BCUT2D eigenvalue weighted by Gasteiger charge is -2.39. The number of halogens is 3. The van der Waals surface area contributed by atoms with Crippen LogP contribution in [0.1, 0.15) is 52.4 Å². The summed E-state index contributed by atoms with van der Waals surface area (Å²) in [5.41, 5.74) is -1.04. The maximum absolute atomic E-state index is 12.1. The molecule has 0 saturated carbocycles. The van der Waals surface area contributed by atoms with Gasteiger partial charge in [-0.15, -0.1) is 0 Å². The summed E-state index contributed by atoms with van der Waals surface area (Å²) in [4.78, 5) is 0. The van der Waals surface area contributed by atoms with Crippen LogP contribution >= 0.6 is 0 Å². The average molecular weight is 267 g/mol. The monoisotopic (exact) mass is 267 g/mol. The summed E-state index contributed by atoms with van der Waals surface area (Å²) in [5, 5.41) is 13.6. The fraction of sp³-hybridized carbons (Fsp3) is 1.00. The van der Waals surface area contributed by atoms with Crippen molar-refractivity contribution in [2.75, 3.05) is 6.54 Å². The summed E-state index contributed by atoms with van der Waals surface area (Å²) in [6.45, 7) is 4.61. The lowest BCUT2D eigenvalue weighted by Crippen LogP contribution is -2.52. The van der Waals surface area contributed by atoms with Crippen LogP contribution in [0.25, 0.3) is 0 Å². The van der Waals surface area contributed by atoms with Gasteiger partial charge >= 0.3 is 6.18 Å². The van der Waals surface area contributed by atoms with E-state index >= 15 is 0 Å². The van der Waals surface area contributed by atoms with E-state index in [9.17, 15) is 18.3 Å². The highest BCUT2D eigenvalue weighted by Gasteiger charge is 2.36. The normalized spacial score (nSPS) is 29.0. The van der Waals surface area contributed by atoms with E-state index in [1.54, 1.807) is 6.92 Å². The Balaban J connectivity index is 2.42. The second-order valence-electron chi connectivity index (χ2n) is 5.63. The van der Waals surface area contributed by atoms with E-state index in [1.165, 1.54) is 0 Å². The van der Waals surface area contributed by atoms with Crippen LogP contribution < -0.4 is 5.32 Å². The highest BCUT2D eigenvalue weighted by atomic mass is 19.4. The first kappa shape index (κ1) is 15.8. The van der Waals surface area contributed by atoms with Gasteiger partial charge in [0.1, 0.15) is 0 Å². The largest absolute Gasteiger partial charge is 0.389 e. The third-order valence-corrected chi connectivity index (χ3v) is 3.98. The number of nitrogens with one attached hydrogen (secondary N) is 1. The quantitative estimate of drug-likeness (QED) is 0.801. The molecule has 0 bridgehead atoms. The van der Waals surface area contributed by atoms with Gasteiger partial charge in [0.15, 0.2) is 0 Å². The van der Waals surface area contributed by atoms with Crippen LogP contribution in [0.3, 0.4) is 0 Å². The van der Waals surface area contributed by atoms with Gasteiger partial charge in [0, 0.05) is 12.5 Å². The number of hydrogen-bond acceptors (Lipinski definition) is 2. The second-order valence-corrected chi connectivity index (χ2v) is 5.63.